The van der Waals surface area contributed by atoms with Crippen LogP contribution in [0.1, 0.15) is 49.1 Å². The Kier molecular flexibility index (Phi) is 10.7. The van der Waals surface area contributed by atoms with Crippen LogP contribution in [-0.4, -0.2) is 77.5 Å². The van der Waals surface area contributed by atoms with Gasteiger partial charge in [-0.05, 0) is 78.4 Å². The standard InChI is InChI=1S/C22H18F4N2O3.C21H16F4N2O4/c1-3-31-20(29)12(2)28-11-13(10-27-28)16-8-14(23)9-18-19(16)15-6-4-5-7-17(15)21(18,30)22(24,25)26;1-19(10-28,18(29)30)27-9-11(8-26-27)14-6-12(22)7-16-17(14)13-4-2-3-5-15(13)20(16,31)21(23,24)25/h4-12,30H,3H2,1-2H3;2-9,28,31H,10H2,1H3,(H,29,30). The highest BCUT2D eigenvalue weighted by molar-refractivity contribution is 5.93. The second kappa shape index (κ2) is 15.2. The first-order valence-corrected chi connectivity index (χ1v) is 18.6. The fourth-order valence-electron chi connectivity index (χ4n) is 7.78. The minimum Gasteiger partial charge on any atom is -0.479 e. The molecule has 19 heteroatoms. The maximum Gasteiger partial charge on any atom is 0.425 e. The van der Waals surface area contributed by atoms with Crippen LogP contribution >= 0.6 is 0 Å². The lowest BCUT2D eigenvalue weighted by atomic mass is 9.89. The van der Waals surface area contributed by atoms with Crippen molar-refractivity contribution >= 4 is 11.9 Å². The molecule has 0 bridgehead atoms. The number of carboxylic acid groups (broad SMARTS) is 1. The van der Waals surface area contributed by atoms with E-state index in [4.69, 9.17) is 4.74 Å². The van der Waals surface area contributed by atoms with Crippen LogP contribution in [0.4, 0.5) is 35.1 Å². The molecule has 4 aromatic carbocycles. The number of alkyl halides is 6. The van der Waals surface area contributed by atoms with Crippen LogP contribution < -0.4 is 0 Å². The van der Waals surface area contributed by atoms with E-state index in [2.05, 4.69) is 10.2 Å². The predicted octanol–water partition coefficient (Wildman–Crippen LogP) is 7.85. The zero-order chi connectivity index (χ0) is 45.3. The highest BCUT2D eigenvalue weighted by Gasteiger charge is 2.62. The highest BCUT2D eigenvalue weighted by atomic mass is 19.4. The maximum atomic E-state index is 14.5. The minimum atomic E-state index is -5.12. The number of rotatable bonds is 8. The van der Waals surface area contributed by atoms with Gasteiger partial charge in [0.05, 0.1) is 25.6 Å². The van der Waals surface area contributed by atoms with Crippen molar-refractivity contribution in [1.82, 2.24) is 19.6 Å². The molecule has 0 radical (unpaired) electrons. The Morgan fingerprint density at radius 1 is 0.726 bits per heavy atom. The normalized spacial score (nSPS) is 19.0. The molecule has 0 saturated carbocycles. The molecule has 0 fully saturated rings. The average Bonchev–Trinajstić information content (AvgIpc) is 4.02. The molecule has 8 rings (SSSR count). The molecule has 4 N–H and O–H groups in total. The first-order chi connectivity index (χ1) is 29.0. The second-order valence-corrected chi connectivity index (χ2v) is 14.8. The lowest BCUT2D eigenvalue weighted by molar-refractivity contribution is -0.247. The van der Waals surface area contributed by atoms with Crippen LogP contribution in [0.15, 0.2) is 97.6 Å². The van der Waals surface area contributed by atoms with Crippen LogP contribution in [0.5, 0.6) is 0 Å². The lowest BCUT2D eigenvalue weighted by Gasteiger charge is -2.28. The maximum absolute atomic E-state index is 14.5. The van der Waals surface area contributed by atoms with Crippen molar-refractivity contribution in [1.29, 1.82) is 0 Å². The number of nitrogens with zero attached hydrogens (tertiary/aromatic N) is 4. The van der Waals surface area contributed by atoms with Gasteiger partial charge in [0, 0.05) is 45.8 Å². The quantitative estimate of drug-likeness (QED) is 0.0883. The molecule has 0 amide bonds. The van der Waals surface area contributed by atoms with Gasteiger partial charge in [-0.15, -0.1) is 0 Å². The average molecular weight is 871 g/mol. The van der Waals surface area contributed by atoms with Crippen LogP contribution in [0.2, 0.25) is 0 Å². The number of aromatic nitrogens is 4. The summed E-state index contributed by atoms with van der Waals surface area (Å²) in [6.45, 7) is 3.81. The van der Waals surface area contributed by atoms with Crippen LogP contribution in [0.25, 0.3) is 44.5 Å². The molecule has 6 aromatic rings. The molecule has 4 unspecified atom stereocenters. The Balaban J connectivity index is 0.000000186. The largest absolute Gasteiger partial charge is 0.479 e. The van der Waals surface area contributed by atoms with Gasteiger partial charge in [-0.3, -0.25) is 9.36 Å². The zero-order valence-electron chi connectivity index (χ0n) is 32.6. The van der Waals surface area contributed by atoms with E-state index in [0.717, 1.165) is 22.9 Å². The number of benzene rings is 4. The number of carbonyl (C=O) groups is 2. The summed E-state index contributed by atoms with van der Waals surface area (Å²) in [6.07, 6.45) is -5.06. The molecule has 2 heterocycles. The topological polar surface area (TPSA) is 160 Å². The van der Waals surface area contributed by atoms with E-state index < -0.39 is 82.0 Å². The number of hydrogen-bond donors (Lipinski definition) is 4. The van der Waals surface area contributed by atoms with Crippen molar-refractivity contribution in [2.45, 2.75) is 55.9 Å². The second-order valence-electron chi connectivity index (χ2n) is 14.8. The number of carboxylic acids is 1. The highest BCUT2D eigenvalue weighted by Crippen LogP contribution is 2.59. The first kappa shape index (κ1) is 43.6. The number of aliphatic hydroxyl groups excluding tert-OH is 1. The molecule has 0 saturated heterocycles. The van der Waals surface area contributed by atoms with Crippen LogP contribution in [0.3, 0.4) is 0 Å². The molecule has 2 aliphatic rings. The molecule has 62 heavy (non-hydrogen) atoms. The predicted molar refractivity (Wildman–Crippen MR) is 204 cm³/mol. The van der Waals surface area contributed by atoms with Crippen molar-refractivity contribution in [2.24, 2.45) is 0 Å². The number of esters is 1. The summed E-state index contributed by atoms with van der Waals surface area (Å²) in [5.74, 6) is -3.86. The number of aliphatic carboxylic acids is 1. The number of ether oxygens (including phenoxy) is 1. The number of fused-ring (bicyclic) bond motifs is 6. The van der Waals surface area contributed by atoms with Crippen molar-refractivity contribution in [3.05, 3.63) is 131 Å². The van der Waals surface area contributed by atoms with E-state index >= 15 is 0 Å². The van der Waals surface area contributed by atoms with E-state index in [1.807, 2.05) is 0 Å². The summed E-state index contributed by atoms with van der Waals surface area (Å²) < 4.78 is 120. The Morgan fingerprint density at radius 3 is 1.61 bits per heavy atom. The van der Waals surface area contributed by atoms with Crippen molar-refractivity contribution < 1.29 is 69.9 Å². The van der Waals surface area contributed by atoms with Crippen molar-refractivity contribution in [3.8, 4) is 44.5 Å². The van der Waals surface area contributed by atoms with Gasteiger partial charge in [-0.25, -0.2) is 18.4 Å². The van der Waals surface area contributed by atoms with E-state index in [1.165, 1.54) is 72.8 Å². The van der Waals surface area contributed by atoms with Crippen molar-refractivity contribution in [2.75, 3.05) is 13.2 Å². The molecule has 2 aliphatic carbocycles. The Labute approximate surface area is 346 Å². The third-order valence-electron chi connectivity index (χ3n) is 11.1. The van der Waals surface area contributed by atoms with Gasteiger partial charge in [0.2, 0.25) is 11.2 Å². The van der Waals surface area contributed by atoms with Crippen LogP contribution in [-0.2, 0) is 31.1 Å². The van der Waals surface area contributed by atoms with Gasteiger partial charge < -0.3 is 25.2 Å². The fourth-order valence-corrected chi connectivity index (χ4v) is 7.78. The van der Waals surface area contributed by atoms with Crippen LogP contribution in [0, 0.1) is 11.6 Å². The van der Waals surface area contributed by atoms with E-state index in [9.17, 15) is 65.1 Å². The molecule has 324 valence electrons. The Bertz CT molecular complexity index is 2750. The van der Waals surface area contributed by atoms with Gasteiger partial charge in [0.25, 0.3) is 0 Å². The Hall–Kier alpha value is -6.44. The first-order valence-electron chi connectivity index (χ1n) is 18.6. The van der Waals surface area contributed by atoms with Gasteiger partial charge in [0.15, 0.2) is 5.54 Å². The SMILES string of the molecule is CC(CO)(C(=O)O)n1cc(-c2cc(F)cc3c2-c2ccccc2C3(O)C(F)(F)F)cn1.CCOC(=O)C(C)n1cc(-c2cc(F)cc3c2-c2ccccc2C3(O)C(F)(F)F)cn1. The van der Waals surface area contributed by atoms with Gasteiger partial charge in [0.1, 0.15) is 17.7 Å². The summed E-state index contributed by atoms with van der Waals surface area (Å²) in [5, 5.41) is 48.5. The summed E-state index contributed by atoms with van der Waals surface area (Å²) in [6, 6.07) is 13.6. The summed E-state index contributed by atoms with van der Waals surface area (Å²) in [4.78, 5) is 23.5. The molecule has 0 spiro atoms. The summed E-state index contributed by atoms with van der Waals surface area (Å²) in [7, 11) is 0. The minimum absolute atomic E-state index is 0.000413. The molecule has 0 aliphatic heterocycles. The lowest BCUT2D eigenvalue weighted by Crippen LogP contribution is -2.42. The smallest absolute Gasteiger partial charge is 0.425 e. The van der Waals surface area contributed by atoms with Gasteiger partial charge in [-0.2, -0.15) is 36.5 Å². The fraction of sp³-hybridized carbons (Fsp3) is 0.256. The third-order valence-corrected chi connectivity index (χ3v) is 11.1. The van der Waals surface area contributed by atoms with Gasteiger partial charge in [-0.1, -0.05) is 48.5 Å². The zero-order valence-corrected chi connectivity index (χ0v) is 32.6. The number of aliphatic hydroxyl groups is 3. The van der Waals surface area contributed by atoms with Gasteiger partial charge >= 0.3 is 24.3 Å². The third kappa shape index (κ3) is 6.61. The molecule has 2 aromatic heterocycles. The molecule has 4 atom stereocenters. The molecular formula is C43H34F8N4O7. The van der Waals surface area contributed by atoms with E-state index in [1.54, 1.807) is 19.9 Å². The number of carbonyl (C=O) groups excluding carboxylic acids is 1. The monoisotopic (exact) mass is 870 g/mol. The summed E-state index contributed by atoms with van der Waals surface area (Å²) in [5.41, 5.74) is -9.81. The van der Waals surface area contributed by atoms with E-state index in [-0.39, 0.29) is 51.1 Å². The summed E-state index contributed by atoms with van der Waals surface area (Å²) >= 11 is 0. The number of halogens is 8. The molecule has 11 nitrogen and oxygen atoms in total. The Morgan fingerprint density at radius 2 is 1.18 bits per heavy atom. The van der Waals surface area contributed by atoms with Crippen molar-refractivity contribution in [3.63, 3.8) is 0 Å². The number of hydrogen-bond acceptors (Lipinski definition) is 8. The molecular weight excluding hydrogens is 836 g/mol. The van der Waals surface area contributed by atoms with E-state index in [0.29, 0.717) is 17.7 Å².